The molecule has 5 rings (SSSR count). The van der Waals surface area contributed by atoms with E-state index in [4.69, 9.17) is 5.73 Å². The predicted octanol–water partition coefficient (Wildman–Crippen LogP) is 2.58. The highest BCUT2D eigenvalue weighted by Crippen LogP contribution is 2.46. The fourth-order valence-corrected chi connectivity index (χ4v) is 5.25. The Morgan fingerprint density at radius 2 is 2.00 bits per heavy atom. The summed E-state index contributed by atoms with van der Waals surface area (Å²) >= 11 is 0. The first-order valence-corrected chi connectivity index (χ1v) is 9.89. The third kappa shape index (κ3) is 3.22. The van der Waals surface area contributed by atoms with E-state index in [0.717, 1.165) is 44.1 Å². The lowest BCUT2D eigenvalue weighted by atomic mass is 9.93. The minimum Gasteiger partial charge on any atom is -0.368 e. The fraction of sp³-hybridized carbons (Fsp3) is 0.579. The molecule has 2 aromatic rings. The zero-order valence-electron chi connectivity index (χ0n) is 15.4. The molecule has 27 heavy (non-hydrogen) atoms. The largest absolute Gasteiger partial charge is 0.368 e. The molecule has 8 heteroatoms. The minimum atomic E-state index is -0.225. The second-order valence-electron chi connectivity index (χ2n) is 8.10. The van der Waals surface area contributed by atoms with Crippen molar-refractivity contribution >= 4 is 23.3 Å². The van der Waals surface area contributed by atoms with Gasteiger partial charge < -0.3 is 16.0 Å². The highest BCUT2D eigenvalue weighted by Gasteiger charge is 2.42. The second kappa shape index (κ2) is 6.67. The van der Waals surface area contributed by atoms with Gasteiger partial charge in [-0.25, -0.2) is 9.49 Å². The molecule has 1 saturated heterocycles. The molecule has 3 unspecified atom stereocenters. The van der Waals surface area contributed by atoms with E-state index >= 15 is 0 Å². The summed E-state index contributed by atoms with van der Waals surface area (Å²) < 4.78 is 14.7. The van der Waals surface area contributed by atoms with Gasteiger partial charge in [0.2, 0.25) is 11.9 Å². The number of halogens is 1. The lowest BCUT2D eigenvalue weighted by molar-refractivity contribution is 0.134. The van der Waals surface area contributed by atoms with Crippen molar-refractivity contribution in [2.45, 2.75) is 31.7 Å². The molecule has 3 fully saturated rings. The molecule has 0 spiro atoms. The number of nitrogen functional groups attached to an aromatic ring is 1. The number of aromatic amines is 1. The molecule has 144 valence electrons. The number of H-pyrrole nitrogens is 1. The molecule has 3 atom stereocenters. The van der Waals surface area contributed by atoms with E-state index in [1.165, 1.54) is 31.7 Å². The van der Waals surface area contributed by atoms with E-state index in [-0.39, 0.29) is 11.8 Å². The maximum Gasteiger partial charge on any atom is 0.248 e. The van der Waals surface area contributed by atoms with Crippen molar-refractivity contribution in [3.05, 3.63) is 24.0 Å². The van der Waals surface area contributed by atoms with Crippen LogP contribution in [0.5, 0.6) is 0 Å². The number of rotatable bonds is 4. The van der Waals surface area contributed by atoms with Crippen molar-refractivity contribution in [1.82, 2.24) is 20.1 Å². The van der Waals surface area contributed by atoms with Gasteiger partial charge >= 0.3 is 0 Å². The monoisotopic (exact) mass is 371 g/mol. The first-order valence-electron chi connectivity index (χ1n) is 9.89. The number of nitrogens with zero attached hydrogens (tertiary/aromatic N) is 4. The van der Waals surface area contributed by atoms with Crippen LogP contribution < -0.4 is 16.0 Å². The van der Waals surface area contributed by atoms with Gasteiger partial charge in [0.05, 0.1) is 5.69 Å². The van der Waals surface area contributed by atoms with Crippen molar-refractivity contribution in [2.75, 3.05) is 42.1 Å². The standard InChI is InChI=1S/C19H26FN7/c20-15-11-14(22-19-23-18(21)24-25-19)3-4-16(15)26-5-7-27(8-6-26)17-10-12-1-2-13(17)9-12/h3-4,11-13,17H,1-2,5-10H2,(H4,21,22,23,24,25). The van der Waals surface area contributed by atoms with Gasteiger partial charge in [-0.15, -0.1) is 5.10 Å². The van der Waals surface area contributed by atoms with Crippen LogP contribution in [0.2, 0.25) is 0 Å². The molecule has 0 radical (unpaired) electrons. The lowest BCUT2D eigenvalue weighted by Crippen LogP contribution is -2.52. The van der Waals surface area contributed by atoms with Crippen LogP contribution in [0.3, 0.4) is 0 Å². The molecule has 2 bridgehead atoms. The highest BCUT2D eigenvalue weighted by atomic mass is 19.1. The summed E-state index contributed by atoms with van der Waals surface area (Å²) in [4.78, 5) is 8.79. The van der Waals surface area contributed by atoms with Gasteiger partial charge in [0.25, 0.3) is 0 Å². The van der Waals surface area contributed by atoms with E-state index in [1.807, 2.05) is 12.1 Å². The zero-order chi connectivity index (χ0) is 18.4. The SMILES string of the molecule is Nc1nc(Nc2ccc(N3CCN(C4CC5CCC4C5)CC3)c(F)c2)n[nH]1. The fourth-order valence-electron chi connectivity index (χ4n) is 5.25. The zero-order valence-corrected chi connectivity index (χ0v) is 15.4. The normalized spacial score (nSPS) is 28.0. The Morgan fingerprint density at radius 3 is 2.63 bits per heavy atom. The predicted molar refractivity (Wildman–Crippen MR) is 103 cm³/mol. The molecule has 7 nitrogen and oxygen atoms in total. The third-order valence-electron chi connectivity index (χ3n) is 6.53. The average molecular weight is 371 g/mol. The van der Waals surface area contributed by atoms with E-state index in [1.54, 1.807) is 0 Å². The Labute approximate surface area is 158 Å². The molecule has 1 aliphatic heterocycles. The number of hydrogen-bond acceptors (Lipinski definition) is 6. The third-order valence-corrected chi connectivity index (χ3v) is 6.53. The average Bonchev–Trinajstić information content (AvgIpc) is 3.39. The maximum atomic E-state index is 14.7. The number of aromatic nitrogens is 3. The Morgan fingerprint density at radius 1 is 1.15 bits per heavy atom. The van der Waals surface area contributed by atoms with Crippen molar-refractivity contribution in [3.63, 3.8) is 0 Å². The minimum absolute atomic E-state index is 0.225. The van der Waals surface area contributed by atoms with Gasteiger partial charge in [-0.3, -0.25) is 4.90 Å². The van der Waals surface area contributed by atoms with Crippen molar-refractivity contribution in [1.29, 1.82) is 0 Å². The van der Waals surface area contributed by atoms with Gasteiger partial charge in [0, 0.05) is 37.9 Å². The van der Waals surface area contributed by atoms with Crippen LogP contribution in [-0.2, 0) is 0 Å². The van der Waals surface area contributed by atoms with E-state index in [9.17, 15) is 4.39 Å². The number of piperazine rings is 1. The van der Waals surface area contributed by atoms with Gasteiger partial charge in [-0.2, -0.15) is 4.98 Å². The van der Waals surface area contributed by atoms with Gasteiger partial charge in [0.1, 0.15) is 5.82 Å². The summed E-state index contributed by atoms with van der Waals surface area (Å²) in [5.41, 5.74) is 6.78. The molecule has 1 aromatic heterocycles. The second-order valence-corrected chi connectivity index (χ2v) is 8.10. The van der Waals surface area contributed by atoms with Crippen LogP contribution >= 0.6 is 0 Å². The Kier molecular flexibility index (Phi) is 4.15. The lowest BCUT2D eigenvalue weighted by Gasteiger charge is -2.41. The summed E-state index contributed by atoms with van der Waals surface area (Å²) in [6.07, 6.45) is 5.66. The molecule has 0 amide bonds. The van der Waals surface area contributed by atoms with Crippen molar-refractivity contribution in [2.24, 2.45) is 11.8 Å². The molecule has 2 heterocycles. The molecular formula is C19H26FN7. The Bertz CT molecular complexity index is 814. The number of fused-ring (bicyclic) bond motifs is 2. The summed E-state index contributed by atoms with van der Waals surface area (Å²) in [6, 6.07) is 5.95. The quantitative estimate of drug-likeness (QED) is 0.766. The number of hydrogen-bond donors (Lipinski definition) is 3. The van der Waals surface area contributed by atoms with Gasteiger partial charge in [-0.1, -0.05) is 6.42 Å². The van der Waals surface area contributed by atoms with Crippen LogP contribution in [0.1, 0.15) is 25.7 Å². The number of anilines is 4. The molecule has 1 aromatic carbocycles. The first-order chi connectivity index (χ1) is 13.2. The Hall–Kier alpha value is -2.35. The molecule has 4 N–H and O–H groups in total. The molecule has 2 saturated carbocycles. The van der Waals surface area contributed by atoms with Crippen molar-refractivity contribution in [3.8, 4) is 0 Å². The number of nitrogens with one attached hydrogen (secondary N) is 2. The van der Waals surface area contributed by atoms with E-state index < -0.39 is 0 Å². The summed E-state index contributed by atoms with van der Waals surface area (Å²) in [5.74, 6) is 2.21. The maximum absolute atomic E-state index is 14.7. The van der Waals surface area contributed by atoms with Gasteiger partial charge in [-0.05, 0) is 49.3 Å². The summed E-state index contributed by atoms with van der Waals surface area (Å²) in [7, 11) is 0. The topological polar surface area (TPSA) is 86.1 Å². The van der Waals surface area contributed by atoms with Gasteiger partial charge in [0.15, 0.2) is 0 Å². The van der Waals surface area contributed by atoms with Crippen LogP contribution in [0.4, 0.5) is 27.7 Å². The van der Waals surface area contributed by atoms with Crippen LogP contribution in [0.15, 0.2) is 18.2 Å². The smallest absolute Gasteiger partial charge is 0.248 e. The first kappa shape index (κ1) is 16.8. The summed E-state index contributed by atoms with van der Waals surface area (Å²) in [6.45, 7) is 3.83. The molecule has 3 aliphatic rings. The van der Waals surface area contributed by atoms with E-state index in [2.05, 4.69) is 30.3 Å². The van der Waals surface area contributed by atoms with Crippen LogP contribution in [0.25, 0.3) is 0 Å². The van der Waals surface area contributed by atoms with E-state index in [0.29, 0.717) is 17.3 Å². The molecular weight excluding hydrogens is 345 g/mol. The van der Waals surface area contributed by atoms with Crippen LogP contribution in [0, 0.1) is 17.7 Å². The Balaban J connectivity index is 1.22. The summed E-state index contributed by atoms with van der Waals surface area (Å²) in [5, 5.41) is 9.41. The number of nitrogens with two attached hydrogens (primary N) is 1. The highest BCUT2D eigenvalue weighted by molar-refractivity contribution is 5.60. The van der Waals surface area contributed by atoms with Crippen molar-refractivity contribution < 1.29 is 4.39 Å². The van der Waals surface area contributed by atoms with Crippen LogP contribution in [-0.4, -0.2) is 52.3 Å². The number of benzene rings is 1. The molecule has 2 aliphatic carbocycles.